The van der Waals surface area contributed by atoms with E-state index >= 15 is 0 Å². The second kappa shape index (κ2) is 8.23. The Kier molecular flexibility index (Phi) is 5.32. The van der Waals surface area contributed by atoms with Gasteiger partial charge in [0.05, 0.1) is 28.8 Å². The molecule has 1 aromatic heterocycles. The van der Waals surface area contributed by atoms with Crippen LogP contribution in [0.5, 0.6) is 0 Å². The molecule has 33 heavy (non-hydrogen) atoms. The standard InChI is InChI=1S/C28H35N3O2/c1-31(15-6-11-26-29-24-9-4-5-10-25(24)30-26)16-14-27(32)17-22-13-12-21(27)18-28(22)23-8-3-2-7-20(23)19-33-28/h2-5,7-10,21-22,32H,6,11-19H2,1H3,(H,29,30). The van der Waals surface area contributed by atoms with Gasteiger partial charge in [-0.05, 0) is 87.2 Å². The summed E-state index contributed by atoms with van der Waals surface area (Å²) in [6.07, 6.45) is 7.02. The molecule has 3 aliphatic carbocycles. The molecule has 1 spiro atoms. The molecule has 5 nitrogen and oxygen atoms in total. The van der Waals surface area contributed by atoms with E-state index in [0.29, 0.717) is 11.8 Å². The smallest absolute Gasteiger partial charge is 0.107 e. The Labute approximate surface area is 196 Å². The number of benzene rings is 2. The van der Waals surface area contributed by atoms with E-state index in [0.717, 1.165) is 75.1 Å². The van der Waals surface area contributed by atoms with Crippen LogP contribution in [0.15, 0.2) is 48.5 Å². The fourth-order valence-corrected chi connectivity index (χ4v) is 6.88. The van der Waals surface area contributed by atoms with Gasteiger partial charge >= 0.3 is 0 Å². The number of fused-ring (bicyclic) bond motifs is 4. The fraction of sp³-hybridized carbons (Fsp3) is 0.536. The molecule has 3 fully saturated rings. The molecule has 3 aromatic rings. The minimum Gasteiger partial charge on any atom is -0.390 e. The zero-order chi connectivity index (χ0) is 22.5. The van der Waals surface area contributed by atoms with Gasteiger partial charge in [-0.1, -0.05) is 36.4 Å². The Morgan fingerprint density at radius 1 is 1.06 bits per heavy atom. The molecule has 4 unspecified atom stereocenters. The molecule has 174 valence electrons. The van der Waals surface area contributed by atoms with Crippen LogP contribution in [0.4, 0.5) is 0 Å². The van der Waals surface area contributed by atoms with E-state index in [4.69, 9.17) is 9.72 Å². The number of H-pyrrole nitrogens is 1. The van der Waals surface area contributed by atoms with Gasteiger partial charge in [-0.2, -0.15) is 0 Å². The molecule has 4 aliphatic rings. The third-order valence-corrected chi connectivity index (χ3v) is 8.71. The predicted octanol–water partition coefficient (Wildman–Crippen LogP) is 4.79. The van der Waals surface area contributed by atoms with Gasteiger partial charge in [0.1, 0.15) is 5.82 Å². The highest BCUT2D eigenvalue weighted by Crippen LogP contribution is 2.61. The quantitative estimate of drug-likeness (QED) is 0.549. The summed E-state index contributed by atoms with van der Waals surface area (Å²) < 4.78 is 6.49. The van der Waals surface area contributed by atoms with Crippen molar-refractivity contribution in [2.24, 2.45) is 11.8 Å². The molecule has 7 rings (SSSR count). The van der Waals surface area contributed by atoms with Crippen molar-refractivity contribution in [3.63, 3.8) is 0 Å². The highest BCUT2D eigenvalue weighted by Gasteiger charge is 2.60. The second-order valence-electron chi connectivity index (χ2n) is 10.7. The number of aromatic amines is 1. The number of ether oxygens (including phenoxy) is 1. The predicted molar refractivity (Wildman–Crippen MR) is 130 cm³/mol. The monoisotopic (exact) mass is 445 g/mol. The number of imidazole rings is 1. The van der Waals surface area contributed by atoms with Crippen molar-refractivity contribution in [1.29, 1.82) is 0 Å². The largest absolute Gasteiger partial charge is 0.390 e. The van der Waals surface area contributed by atoms with Crippen LogP contribution in [0.25, 0.3) is 11.0 Å². The number of nitrogens with zero attached hydrogens (tertiary/aromatic N) is 2. The van der Waals surface area contributed by atoms with Crippen molar-refractivity contribution in [2.75, 3.05) is 20.1 Å². The lowest BCUT2D eigenvalue weighted by molar-refractivity contribution is -0.211. The van der Waals surface area contributed by atoms with Gasteiger partial charge in [-0.25, -0.2) is 4.98 Å². The highest BCUT2D eigenvalue weighted by atomic mass is 16.5. The average molecular weight is 446 g/mol. The SMILES string of the molecule is CN(CCCc1nc2ccccc2[nH]1)CCC1(O)CC2CCC1CC21OCc2ccccc21. The molecule has 0 radical (unpaired) electrons. The summed E-state index contributed by atoms with van der Waals surface area (Å²) in [5.41, 5.74) is 4.19. The van der Waals surface area contributed by atoms with E-state index in [-0.39, 0.29) is 5.60 Å². The number of hydrogen-bond acceptors (Lipinski definition) is 4. The lowest BCUT2D eigenvalue weighted by atomic mass is 9.53. The van der Waals surface area contributed by atoms with E-state index < -0.39 is 5.60 Å². The Morgan fingerprint density at radius 2 is 1.88 bits per heavy atom. The number of aliphatic hydroxyl groups is 1. The van der Waals surface area contributed by atoms with Crippen LogP contribution in [0.3, 0.4) is 0 Å². The summed E-state index contributed by atoms with van der Waals surface area (Å²) in [5, 5.41) is 11.7. The molecule has 4 atom stereocenters. The molecule has 2 aromatic carbocycles. The van der Waals surface area contributed by atoms with Gasteiger partial charge in [0.15, 0.2) is 0 Å². The second-order valence-corrected chi connectivity index (χ2v) is 10.7. The minimum atomic E-state index is -0.554. The molecule has 2 heterocycles. The number of rotatable bonds is 7. The van der Waals surface area contributed by atoms with E-state index in [1.807, 2.05) is 12.1 Å². The third kappa shape index (κ3) is 3.71. The van der Waals surface area contributed by atoms with E-state index in [1.54, 1.807) is 0 Å². The lowest BCUT2D eigenvalue weighted by Gasteiger charge is -2.57. The van der Waals surface area contributed by atoms with Crippen molar-refractivity contribution in [3.8, 4) is 0 Å². The van der Waals surface area contributed by atoms with Crippen molar-refractivity contribution in [2.45, 2.75) is 62.8 Å². The number of hydrogen-bond donors (Lipinski definition) is 2. The molecule has 2 bridgehead atoms. The Morgan fingerprint density at radius 3 is 2.73 bits per heavy atom. The van der Waals surface area contributed by atoms with Crippen LogP contribution < -0.4 is 0 Å². The van der Waals surface area contributed by atoms with Gasteiger partial charge in [0.25, 0.3) is 0 Å². The maximum Gasteiger partial charge on any atom is 0.107 e. The van der Waals surface area contributed by atoms with Gasteiger partial charge in [-0.3, -0.25) is 0 Å². The van der Waals surface area contributed by atoms with E-state index in [2.05, 4.69) is 53.3 Å². The third-order valence-electron chi connectivity index (χ3n) is 8.71. The van der Waals surface area contributed by atoms with Gasteiger partial charge in [0, 0.05) is 13.0 Å². The molecular formula is C28H35N3O2. The molecule has 1 aliphatic heterocycles. The molecule has 3 saturated carbocycles. The Bertz CT molecular complexity index is 1110. The summed E-state index contributed by atoms with van der Waals surface area (Å²) in [5.74, 6) is 1.82. The number of para-hydroxylation sites is 2. The van der Waals surface area contributed by atoms with Gasteiger partial charge in [-0.15, -0.1) is 0 Å². The summed E-state index contributed by atoms with van der Waals surface area (Å²) >= 11 is 0. The molecule has 0 saturated heterocycles. The van der Waals surface area contributed by atoms with Crippen LogP contribution in [-0.2, 0) is 23.4 Å². The molecular weight excluding hydrogens is 410 g/mol. The summed E-state index contributed by atoms with van der Waals surface area (Å²) in [7, 11) is 2.18. The first-order valence-corrected chi connectivity index (χ1v) is 12.6. The van der Waals surface area contributed by atoms with E-state index in [9.17, 15) is 5.11 Å². The molecule has 0 amide bonds. The molecule has 2 N–H and O–H groups in total. The molecule has 5 heteroatoms. The van der Waals surface area contributed by atoms with Gasteiger partial charge < -0.3 is 19.7 Å². The average Bonchev–Trinajstić information content (AvgIpc) is 3.41. The summed E-state index contributed by atoms with van der Waals surface area (Å²) in [4.78, 5) is 10.5. The van der Waals surface area contributed by atoms with Crippen molar-refractivity contribution < 1.29 is 9.84 Å². The first-order valence-electron chi connectivity index (χ1n) is 12.6. The maximum atomic E-state index is 11.7. The number of nitrogens with one attached hydrogen (secondary N) is 1. The Balaban J connectivity index is 1.04. The number of aromatic nitrogens is 2. The lowest BCUT2D eigenvalue weighted by Crippen LogP contribution is -2.57. The Hall–Kier alpha value is -2.21. The number of aryl methyl sites for hydroxylation is 1. The topological polar surface area (TPSA) is 61.4 Å². The maximum absolute atomic E-state index is 11.7. The summed E-state index contributed by atoms with van der Waals surface area (Å²) in [6.45, 7) is 2.68. The van der Waals surface area contributed by atoms with Crippen molar-refractivity contribution >= 4 is 11.0 Å². The van der Waals surface area contributed by atoms with E-state index in [1.165, 1.54) is 17.5 Å². The van der Waals surface area contributed by atoms with Crippen LogP contribution in [0.2, 0.25) is 0 Å². The minimum absolute atomic E-state index is 0.149. The van der Waals surface area contributed by atoms with Crippen LogP contribution in [0, 0.1) is 11.8 Å². The first kappa shape index (κ1) is 21.3. The highest BCUT2D eigenvalue weighted by molar-refractivity contribution is 5.74. The normalized spacial score (nSPS) is 30.5. The zero-order valence-corrected chi connectivity index (χ0v) is 19.6. The van der Waals surface area contributed by atoms with Crippen LogP contribution in [0.1, 0.15) is 55.5 Å². The summed E-state index contributed by atoms with van der Waals surface area (Å²) in [6, 6.07) is 16.9. The van der Waals surface area contributed by atoms with Crippen molar-refractivity contribution in [3.05, 3.63) is 65.5 Å². The van der Waals surface area contributed by atoms with Crippen LogP contribution >= 0.6 is 0 Å². The van der Waals surface area contributed by atoms with Crippen LogP contribution in [-0.4, -0.2) is 45.7 Å². The van der Waals surface area contributed by atoms with Gasteiger partial charge in [0.2, 0.25) is 0 Å². The first-order chi connectivity index (χ1) is 16.1. The zero-order valence-electron chi connectivity index (χ0n) is 19.6. The van der Waals surface area contributed by atoms with Crippen molar-refractivity contribution in [1.82, 2.24) is 14.9 Å². The fourth-order valence-electron chi connectivity index (χ4n) is 6.88.